The van der Waals surface area contributed by atoms with Crippen LogP contribution in [0.3, 0.4) is 0 Å². The molecule has 0 bridgehead atoms. The summed E-state index contributed by atoms with van der Waals surface area (Å²) in [6.45, 7) is 1.51. The smallest absolute Gasteiger partial charge is 0.317 e. The predicted molar refractivity (Wildman–Crippen MR) is 80.2 cm³/mol. The molecule has 1 aliphatic rings. The van der Waals surface area contributed by atoms with Crippen LogP contribution in [0.4, 0.5) is 10.5 Å². The van der Waals surface area contributed by atoms with Gasteiger partial charge in [0.05, 0.1) is 6.61 Å². The summed E-state index contributed by atoms with van der Waals surface area (Å²) in [5.41, 5.74) is 0.873. The fraction of sp³-hybridized carbons (Fsp3) is 0.467. The number of nitrogens with zero attached hydrogens (tertiary/aromatic N) is 2. The molecule has 1 heterocycles. The minimum atomic E-state index is -0.409. The summed E-state index contributed by atoms with van der Waals surface area (Å²) in [6, 6.07) is 8.86. The number of methoxy groups -OCH3 is 1. The molecule has 0 aliphatic carbocycles. The Morgan fingerprint density at radius 3 is 2.81 bits per heavy atom. The van der Waals surface area contributed by atoms with E-state index in [1.165, 1.54) is 4.90 Å². The summed E-state index contributed by atoms with van der Waals surface area (Å²) in [4.78, 5) is 27.6. The highest BCUT2D eigenvalue weighted by Gasteiger charge is 2.36. The van der Waals surface area contributed by atoms with Gasteiger partial charge in [-0.1, -0.05) is 18.2 Å². The van der Waals surface area contributed by atoms with Crippen molar-refractivity contribution < 1.29 is 14.3 Å². The van der Waals surface area contributed by atoms with Crippen LogP contribution in [0.15, 0.2) is 30.3 Å². The van der Waals surface area contributed by atoms with Crippen LogP contribution in [-0.2, 0) is 9.53 Å². The van der Waals surface area contributed by atoms with Crippen molar-refractivity contribution in [2.24, 2.45) is 0 Å². The third-order valence-electron chi connectivity index (χ3n) is 3.62. The van der Waals surface area contributed by atoms with Crippen molar-refractivity contribution >= 4 is 17.6 Å². The summed E-state index contributed by atoms with van der Waals surface area (Å²) in [7, 11) is 3.23. The highest BCUT2D eigenvalue weighted by atomic mass is 16.5. The second-order valence-corrected chi connectivity index (χ2v) is 4.97. The van der Waals surface area contributed by atoms with Crippen molar-refractivity contribution in [3.8, 4) is 0 Å². The van der Waals surface area contributed by atoms with Crippen LogP contribution < -0.4 is 10.2 Å². The van der Waals surface area contributed by atoms with Gasteiger partial charge in [0.2, 0.25) is 5.91 Å². The van der Waals surface area contributed by atoms with Gasteiger partial charge < -0.3 is 19.9 Å². The molecule has 6 nitrogen and oxygen atoms in total. The first-order valence-corrected chi connectivity index (χ1v) is 7.01. The Hall–Kier alpha value is -2.08. The average molecular weight is 291 g/mol. The van der Waals surface area contributed by atoms with Crippen molar-refractivity contribution in [2.75, 3.05) is 38.8 Å². The summed E-state index contributed by atoms with van der Waals surface area (Å²) in [5, 5.41) is 2.73. The normalized spacial score (nSPS) is 17.9. The molecule has 1 aliphatic heterocycles. The number of hydrogen-bond donors (Lipinski definition) is 1. The van der Waals surface area contributed by atoms with Crippen LogP contribution in [0.1, 0.15) is 6.42 Å². The highest BCUT2D eigenvalue weighted by Crippen LogP contribution is 2.23. The summed E-state index contributed by atoms with van der Waals surface area (Å²) in [5.74, 6) is -0.0365. The predicted octanol–water partition coefficient (Wildman–Crippen LogP) is 1.08. The minimum absolute atomic E-state index is 0.0365. The number of likely N-dealkylation sites (N-methyl/N-ethyl adjacent to an activating group) is 1. The molecule has 0 radical (unpaired) electrons. The van der Waals surface area contributed by atoms with Crippen molar-refractivity contribution in [2.45, 2.75) is 12.5 Å². The first-order chi connectivity index (χ1) is 10.1. The topological polar surface area (TPSA) is 61.9 Å². The molecular weight excluding hydrogens is 270 g/mol. The van der Waals surface area contributed by atoms with Crippen LogP contribution in [0, 0.1) is 0 Å². The summed E-state index contributed by atoms with van der Waals surface area (Å²) >= 11 is 0. The van der Waals surface area contributed by atoms with Gasteiger partial charge in [-0.2, -0.15) is 0 Å². The maximum atomic E-state index is 12.5. The van der Waals surface area contributed by atoms with E-state index in [9.17, 15) is 9.59 Å². The fourth-order valence-electron chi connectivity index (χ4n) is 2.41. The fourth-order valence-corrected chi connectivity index (χ4v) is 2.41. The van der Waals surface area contributed by atoms with Gasteiger partial charge in [0.25, 0.3) is 0 Å². The van der Waals surface area contributed by atoms with Gasteiger partial charge in [-0.05, 0) is 18.6 Å². The molecule has 3 amide bonds. The van der Waals surface area contributed by atoms with E-state index in [4.69, 9.17) is 4.74 Å². The molecule has 1 aromatic rings. The van der Waals surface area contributed by atoms with E-state index in [-0.39, 0.29) is 11.9 Å². The average Bonchev–Trinajstić information content (AvgIpc) is 2.89. The van der Waals surface area contributed by atoms with Crippen molar-refractivity contribution in [1.82, 2.24) is 10.2 Å². The first-order valence-electron chi connectivity index (χ1n) is 7.01. The van der Waals surface area contributed by atoms with Gasteiger partial charge in [-0.25, -0.2) is 4.79 Å². The molecule has 0 saturated carbocycles. The molecular formula is C15H21N3O3. The third kappa shape index (κ3) is 3.52. The van der Waals surface area contributed by atoms with Crippen LogP contribution >= 0.6 is 0 Å². The Labute approximate surface area is 124 Å². The Bertz CT molecular complexity index is 492. The Kier molecular flexibility index (Phi) is 5.16. The SMILES string of the molecule is COCCNC(=O)N(C)[C@H]1CCN(c2ccccc2)C1=O. The molecule has 21 heavy (non-hydrogen) atoms. The molecule has 1 atom stereocenters. The van der Waals surface area contributed by atoms with Crippen LogP contribution in [0.5, 0.6) is 0 Å². The first kappa shape index (κ1) is 15.3. The maximum absolute atomic E-state index is 12.5. The largest absolute Gasteiger partial charge is 0.383 e. The molecule has 1 saturated heterocycles. The van der Waals surface area contributed by atoms with E-state index in [0.29, 0.717) is 26.1 Å². The van der Waals surface area contributed by atoms with Crippen LogP contribution in [-0.4, -0.2) is 56.7 Å². The number of rotatable bonds is 5. The van der Waals surface area contributed by atoms with Gasteiger partial charge >= 0.3 is 6.03 Å². The van der Waals surface area contributed by atoms with Gasteiger partial charge in [0, 0.05) is 32.9 Å². The molecule has 2 rings (SSSR count). The molecule has 0 unspecified atom stereocenters. The minimum Gasteiger partial charge on any atom is -0.383 e. The van der Waals surface area contributed by atoms with Crippen molar-refractivity contribution in [3.63, 3.8) is 0 Å². The summed E-state index contributed by atoms with van der Waals surface area (Å²) < 4.78 is 4.89. The maximum Gasteiger partial charge on any atom is 0.317 e. The lowest BCUT2D eigenvalue weighted by Crippen LogP contribution is -2.47. The van der Waals surface area contributed by atoms with Crippen LogP contribution in [0.2, 0.25) is 0 Å². The molecule has 1 fully saturated rings. The van der Waals surface area contributed by atoms with Crippen molar-refractivity contribution in [1.29, 1.82) is 0 Å². The highest BCUT2D eigenvalue weighted by molar-refractivity contribution is 6.01. The second-order valence-electron chi connectivity index (χ2n) is 4.97. The number of carbonyl (C=O) groups is 2. The van der Waals surface area contributed by atoms with Gasteiger partial charge in [0.15, 0.2) is 0 Å². The number of hydrogen-bond acceptors (Lipinski definition) is 3. The number of benzene rings is 1. The van der Waals surface area contributed by atoms with Gasteiger partial charge in [-0.15, -0.1) is 0 Å². The quantitative estimate of drug-likeness (QED) is 0.826. The molecule has 0 spiro atoms. The second kappa shape index (κ2) is 7.08. The van der Waals surface area contributed by atoms with Gasteiger partial charge in [-0.3, -0.25) is 4.79 Å². The van der Waals surface area contributed by atoms with E-state index in [1.54, 1.807) is 19.1 Å². The van der Waals surface area contributed by atoms with Crippen LogP contribution in [0.25, 0.3) is 0 Å². The van der Waals surface area contributed by atoms with E-state index in [2.05, 4.69) is 5.32 Å². The number of anilines is 1. The zero-order chi connectivity index (χ0) is 15.2. The molecule has 1 aromatic carbocycles. The number of para-hydroxylation sites is 1. The lowest BCUT2D eigenvalue weighted by Gasteiger charge is -2.24. The van der Waals surface area contributed by atoms with E-state index in [1.807, 2.05) is 30.3 Å². The van der Waals surface area contributed by atoms with E-state index >= 15 is 0 Å². The standard InChI is InChI=1S/C15H21N3O3/c1-17(15(20)16-9-11-21-2)13-8-10-18(14(13)19)12-6-4-3-5-7-12/h3-7,13H,8-11H2,1-2H3,(H,16,20)/t13-/m0/s1. The molecule has 0 aromatic heterocycles. The molecule has 1 N–H and O–H groups in total. The number of ether oxygens (including phenoxy) is 1. The lowest BCUT2D eigenvalue weighted by molar-refractivity contribution is -0.120. The monoisotopic (exact) mass is 291 g/mol. The third-order valence-corrected chi connectivity index (χ3v) is 3.62. The Morgan fingerprint density at radius 2 is 2.14 bits per heavy atom. The van der Waals surface area contributed by atoms with E-state index in [0.717, 1.165) is 5.69 Å². The Balaban J connectivity index is 1.96. The number of carbonyl (C=O) groups excluding carboxylic acids is 2. The summed E-state index contributed by atoms with van der Waals surface area (Å²) in [6.07, 6.45) is 0.641. The molecule has 114 valence electrons. The zero-order valence-electron chi connectivity index (χ0n) is 12.4. The lowest BCUT2D eigenvalue weighted by atomic mass is 10.2. The van der Waals surface area contributed by atoms with E-state index < -0.39 is 6.04 Å². The number of urea groups is 1. The Morgan fingerprint density at radius 1 is 1.43 bits per heavy atom. The zero-order valence-corrected chi connectivity index (χ0v) is 12.4. The van der Waals surface area contributed by atoms with Crippen molar-refractivity contribution in [3.05, 3.63) is 30.3 Å². The van der Waals surface area contributed by atoms with Gasteiger partial charge in [0.1, 0.15) is 6.04 Å². The number of nitrogens with one attached hydrogen (secondary N) is 1. The number of amides is 3. The molecule has 6 heteroatoms.